The van der Waals surface area contributed by atoms with Crippen molar-refractivity contribution in [3.63, 3.8) is 0 Å². The Kier molecular flexibility index (Phi) is 7.14. The summed E-state index contributed by atoms with van der Waals surface area (Å²) < 4.78 is 10.6. The molecule has 2 aromatic carbocycles. The van der Waals surface area contributed by atoms with Gasteiger partial charge in [-0.2, -0.15) is 5.26 Å². The zero-order valence-electron chi connectivity index (χ0n) is 14.3. The number of methoxy groups -OCH3 is 1. The monoisotopic (exact) mass is 400 g/mol. The summed E-state index contributed by atoms with van der Waals surface area (Å²) in [6.45, 7) is 0.0228. The van der Waals surface area contributed by atoms with Gasteiger partial charge in [0.05, 0.1) is 22.8 Å². The maximum absolute atomic E-state index is 12.4. The van der Waals surface area contributed by atoms with Gasteiger partial charge >= 0.3 is 0 Å². The standard InChI is InChI=1S/C20H14Cl2N2O3/c1-3-8-27-19-16(22)10-13(11-18(19)26-2)9-14(12-23)20(25)24-17-7-5-4-6-15(17)21/h1,4-7,9-11H,8H2,2H3,(H,24,25)/b14-9+. The second kappa shape index (κ2) is 9.54. The largest absolute Gasteiger partial charge is 0.493 e. The van der Waals surface area contributed by atoms with Crippen LogP contribution in [-0.4, -0.2) is 19.6 Å². The molecule has 1 amide bonds. The Balaban J connectivity index is 2.33. The quantitative estimate of drug-likeness (QED) is 0.438. The first-order chi connectivity index (χ1) is 13.0. The molecule has 2 rings (SSSR count). The van der Waals surface area contributed by atoms with E-state index in [0.29, 0.717) is 22.0 Å². The van der Waals surface area contributed by atoms with Crippen molar-refractivity contribution in [2.45, 2.75) is 0 Å². The SMILES string of the molecule is C#CCOc1c(Cl)cc(/C=C(\C#N)C(=O)Nc2ccccc2Cl)cc1OC. The highest BCUT2D eigenvalue weighted by molar-refractivity contribution is 6.34. The lowest BCUT2D eigenvalue weighted by Crippen LogP contribution is -2.13. The predicted molar refractivity (Wildman–Crippen MR) is 106 cm³/mol. The number of amides is 1. The topological polar surface area (TPSA) is 71.3 Å². The fourth-order valence-electron chi connectivity index (χ4n) is 2.14. The van der Waals surface area contributed by atoms with Crippen LogP contribution in [0.5, 0.6) is 11.5 Å². The van der Waals surface area contributed by atoms with Crippen molar-refractivity contribution in [1.29, 1.82) is 5.26 Å². The molecule has 27 heavy (non-hydrogen) atoms. The Morgan fingerprint density at radius 3 is 2.67 bits per heavy atom. The number of para-hydroxylation sites is 1. The van der Waals surface area contributed by atoms with E-state index in [9.17, 15) is 10.1 Å². The first kappa shape index (κ1) is 20.2. The average molecular weight is 401 g/mol. The molecule has 136 valence electrons. The Hall–Kier alpha value is -3.12. The third-order valence-corrected chi connectivity index (χ3v) is 3.96. The van der Waals surface area contributed by atoms with E-state index >= 15 is 0 Å². The fourth-order valence-corrected chi connectivity index (χ4v) is 2.60. The maximum Gasteiger partial charge on any atom is 0.266 e. The van der Waals surface area contributed by atoms with E-state index < -0.39 is 5.91 Å². The van der Waals surface area contributed by atoms with E-state index in [1.165, 1.54) is 19.3 Å². The van der Waals surface area contributed by atoms with Crippen LogP contribution < -0.4 is 14.8 Å². The van der Waals surface area contributed by atoms with Crippen LogP contribution in [0, 0.1) is 23.7 Å². The number of hydrogen-bond donors (Lipinski definition) is 1. The highest BCUT2D eigenvalue weighted by Gasteiger charge is 2.14. The van der Waals surface area contributed by atoms with E-state index in [0.717, 1.165) is 0 Å². The minimum atomic E-state index is -0.603. The highest BCUT2D eigenvalue weighted by Crippen LogP contribution is 2.37. The number of nitrogens with zero attached hydrogens (tertiary/aromatic N) is 1. The minimum absolute atomic E-state index is 0.0228. The Bertz CT molecular complexity index is 972. The van der Waals surface area contributed by atoms with Crippen LogP contribution in [-0.2, 0) is 4.79 Å². The van der Waals surface area contributed by atoms with Crippen LogP contribution in [0.2, 0.25) is 10.0 Å². The van der Waals surface area contributed by atoms with Crippen LogP contribution in [0.15, 0.2) is 42.0 Å². The van der Waals surface area contributed by atoms with Gasteiger partial charge in [-0.25, -0.2) is 0 Å². The summed E-state index contributed by atoms with van der Waals surface area (Å²) in [7, 11) is 1.44. The van der Waals surface area contributed by atoms with E-state index in [2.05, 4.69) is 11.2 Å². The average Bonchev–Trinajstić information content (AvgIpc) is 2.66. The molecule has 0 fully saturated rings. The van der Waals surface area contributed by atoms with Crippen LogP contribution in [0.3, 0.4) is 0 Å². The molecule has 0 spiro atoms. The molecule has 0 heterocycles. The molecular formula is C20H14Cl2N2O3. The Morgan fingerprint density at radius 1 is 1.30 bits per heavy atom. The molecule has 7 heteroatoms. The van der Waals surface area contributed by atoms with Crippen LogP contribution in [0.1, 0.15) is 5.56 Å². The van der Waals surface area contributed by atoms with E-state index in [-0.39, 0.29) is 23.0 Å². The first-order valence-electron chi connectivity index (χ1n) is 7.61. The number of benzene rings is 2. The van der Waals surface area contributed by atoms with Gasteiger partial charge in [-0.15, -0.1) is 6.42 Å². The molecule has 1 N–H and O–H groups in total. The molecule has 0 saturated heterocycles. The summed E-state index contributed by atoms with van der Waals surface area (Å²) in [4.78, 5) is 12.4. The second-order valence-corrected chi connectivity index (χ2v) is 5.95. The molecule has 0 aliphatic rings. The van der Waals surface area contributed by atoms with Gasteiger partial charge in [-0.3, -0.25) is 4.79 Å². The van der Waals surface area contributed by atoms with Gasteiger partial charge < -0.3 is 14.8 Å². The van der Waals surface area contributed by atoms with Crippen molar-refractivity contribution in [3.05, 3.63) is 57.6 Å². The molecule has 0 bridgehead atoms. The van der Waals surface area contributed by atoms with Gasteiger partial charge in [0.15, 0.2) is 11.5 Å². The number of nitrogens with one attached hydrogen (secondary N) is 1. The summed E-state index contributed by atoms with van der Waals surface area (Å²) >= 11 is 12.2. The lowest BCUT2D eigenvalue weighted by Gasteiger charge is -2.12. The minimum Gasteiger partial charge on any atom is -0.493 e. The normalized spacial score (nSPS) is 10.5. The Labute approximate surface area is 167 Å². The molecule has 0 atom stereocenters. The molecule has 0 unspecified atom stereocenters. The number of ether oxygens (including phenoxy) is 2. The lowest BCUT2D eigenvalue weighted by atomic mass is 10.1. The predicted octanol–water partition coefficient (Wildman–Crippen LogP) is 4.56. The zero-order chi connectivity index (χ0) is 19.8. The summed E-state index contributed by atoms with van der Waals surface area (Å²) in [6.07, 6.45) is 6.56. The van der Waals surface area contributed by atoms with Crippen molar-refractivity contribution in [3.8, 4) is 29.9 Å². The summed E-state index contributed by atoms with van der Waals surface area (Å²) in [6, 6.07) is 11.7. The molecule has 5 nitrogen and oxygen atoms in total. The second-order valence-electron chi connectivity index (χ2n) is 5.13. The molecular weight excluding hydrogens is 387 g/mol. The van der Waals surface area contributed by atoms with Crippen molar-refractivity contribution in [2.75, 3.05) is 19.0 Å². The van der Waals surface area contributed by atoms with Crippen molar-refractivity contribution < 1.29 is 14.3 Å². The number of nitriles is 1. The number of carbonyl (C=O) groups excluding carboxylic acids is 1. The summed E-state index contributed by atoms with van der Waals surface area (Å²) in [5.41, 5.74) is 0.750. The smallest absolute Gasteiger partial charge is 0.266 e. The third-order valence-electron chi connectivity index (χ3n) is 3.35. The first-order valence-corrected chi connectivity index (χ1v) is 8.37. The van der Waals surface area contributed by atoms with E-state index in [1.807, 2.05) is 6.07 Å². The number of rotatable bonds is 6. The third kappa shape index (κ3) is 5.18. The van der Waals surface area contributed by atoms with Gasteiger partial charge in [0.1, 0.15) is 18.2 Å². The van der Waals surface area contributed by atoms with Gasteiger partial charge in [0.25, 0.3) is 5.91 Å². The van der Waals surface area contributed by atoms with Crippen LogP contribution in [0.4, 0.5) is 5.69 Å². The highest BCUT2D eigenvalue weighted by atomic mass is 35.5. The molecule has 0 aliphatic heterocycles. The molecule has 2 aromatic rings. The summed E-state index contributed by atoms with van der Waals surface area (Å²) in [5, 5.41) is 12.5. The number of terminal acetylenes is 1. The van der Waals surface area contributed by atoms with Gasteiger partial charge in [0.2, 0.25) is 0 Å². The summed E-state index contributed by atoms with van der Waals surface area (Å²) in [5.74, 6) is 2.35. The lowest BCUT2D eigenvalue weighted by molar-refractivity contribution is -0.112. The fraction of sp³-hybridized carbons (Fsp3) is 0.100. The number of anilines is 1. The van der Waals surface area contributed by atoms with E-state index in [4.69, 9.17) is 39.1 Å². The van der Waals surface area contributed by atoms with Crippen molar-refractivity contribution in [2.24, 2.45) is 0 Å². The maximum atomic E-state index is 12.4. The van der Waals surface area contributed by atoms with Crippen molar-refractivity contribution in [1.82, 2.24) is 0 Å². The number of hydrogen-bond acceptors (Lipinski definition) is 4. The van der Waals surface area contributed by atoms with Gasteiger partial charge in [-0.05, 0) is 35.9 Å². The molecule has 0 radical (unpaired) electrons. The molecule has 0 aromatic heterocycles. The van der Waals surface area contributed by atoms with Crippen LogP contribution in [0.25, 0.3) is 6.08 Å². The van der Waals surface area contributed by atoms with Crippen molar-refractivity contribution >= 4 is 40.9 Å². The van der Waals surface area contributed by atoms with Gasteiger partial charge in [0, 0.05) is 0 Å². The number of halogens is 2. The molecule has 0 aliphatic carbocycles. The van der Waals surface area contributed by atoms with Gasteiger partial charge in [-0.1, -0.05) is 41.3 Å². The Morgan fingerprint density at radius 2 is 2.04 bits per heavy atom. The number of carbonyl (C=O) groups is 1. The molecule has 0 saturated carbocycles. The zero-order valence-corrected chi connectivity index (χ0v) is 15.8. The van der Waals surface area contributed by atoms with Crippen LogP contribution >= 0.6 is 23.2 Å². The van der Waals surface area contributed by atoms with E-state index in [1.54, 1.807) is 30.3 Å².